The van der Waals surface area contributed by atoms with Crippen molar-refractivity contribution in [3.8, 4) is 5.75 Å². The van der Waals surface area contributed by atoms with Crippen LogP contribution in [0.15, 0.2) is 71.3 Å². The summed E-state index contributed by atoms with van der Waals surface area (Å²) in [7, 11) is 0. The number of ether oxygens (including phenoxy) is 1. The van der Waals surface area contributed by atoms with E-state index in [9.17, 15) is 22.8 Å². The van der Waals surface area contributed by atoms with Gasteiger partial charge in [0.1, 0.15) is 11.5 Å². The fourth-order valence-corrected chi connectivity index (χ4v) is 2.47. The summed E-state index contributed by atoms with van der Waals surface area (Å²) in [5.41, 5.74) is 0.583. The van der Waals surface area contributed by atoms with Crippen molar-refractivity contribution < 1.29 is 31.9 Å². The first-order chi connectivity index (χ1) is 13.8. The third-order valence-electron chi connectivity index (χ3n) is 3.77. The Balaban J connectivity index is 1.68. The van der Waals surface area contributed by atoms with Crippen molar-refractivity contribution in [1.82, 2.24) is 5.32 Å². The fourth-order valence-electron chi connectivity index (χ4n) is 2.47. The number of benzene rings is 2. The lowest BCUT2D eigenvalue weighted by atomic mass is 10.1. The minimum Gasteiger partial charge on any atom is -0.467 e. The second kappa shape index (κ2) is 8.51. The molecule has 1 aromatic heterocycles. The van der Waals surface area contributed by atoms with E-state index in [1.54, 1.807) is 30.3 Å². The summed E-state index contributed by atoms with van der Waals surface area (Å²) in [6.07, 6.45) is -3.33. The monoisotopic (exact) mass is 404 g/mol. The Labute approximate surface area is 163 Å². The van der Waals surface area contributed by atoms with Gasteiger partial charge in [-0.3, -0.25) is 9.59 Å². The number of furan rings is 1. The molecule has 0 saturated carbocycles. The second-order valence-corrected chi connectivity index (χ2v) is 5.83. The van der Waals surface area contributed by atoms with Crippen molar-refractivity contribution in [1.29, 1.82) is 0 Å². The van der Waals surface area contributed by atoms with Crippen LogP contribution in [0.4, 0.5) is 18.9 Å². The number of hydrogen-bond acceptors (Lipinski definition) is 4. The minimum absolute atomic E-state index is 0.102. The average molecular weight is 404 g/mol. The van der Waals surface area contributed by atoms with Crippen LogP contribution in [0, 0.1) is 0 Å². The van der Waals surface area contributed by atoms with Crippen LogP contribution in [0.25, 0.3) is 0 Å². The SMILES string of the molecule is O=C(Nc1ccccc1C(=O)NCc1ccco1)c1ccc(OC(F)(F)F)cc1. The fraction of sp³-hybridized carbons (Fsp3) is 0.100. The maximum absolute atomic E-state index is 12.4. The van der Waals surface area contributed by atoms with Crippen LogP contribution in [-0.4, -0.2) is 18.2 Å². The first-order valence-corrected chi connectivity index (χ1v) is 8.38. The van der Waals surface area contributed by atoms with E-state index < -0.39 is 23.9 Å². The van der Waals surface area contributed by atoms with E-state index in [1.165, 1.54) is 24.5 Å². The molecule has 3 aromatic rings. The number of nitrogens with one attached hydrogen (secondary N) is 2. The quantitative estimate of drug-likeness (QED) is 0.640. The number of anilines is 1. The molecule has 2 N–H and O–H groups in total. The first kappa shape index (κ1) is 20.0. The molecule has 29 heavy (non-hydrogen) atoms. The number of carbonyl (C=O) groups is 2. The zero-order valence-corrected chi connectivity index (χ0v) is 14.8. The predicted molar refractivity (Wildman–Crippen MR) is 97.4 cm³/mol. The summed E-state index contributed by atoms with van der Waals surface area (Å²) in [4.78, 5) is 24.8. The highest BCUT2D eigenvalue weighted by molar-refractivity contribution is 6.09. The van der Waals surface area contributed by atoms with Crippen LogP contribution in [-0.2, 0) is 6.54 Å². The number of rotatable bonds is 6. The number of halogens is 3. The number of hydrogen-bond donors (Lipinski definition) is 2. The van der Waals surface area contributed by atoms with Crippen molar-refractivity contribution in [3.05, 3.63) is 83.8 Å². The summed E-state index contributed by atoms with van der Waals surface area (Å²) in [5, 5.41) is 5.26. The smallest absolute Gasteiger partial charge is 0.467 e. The van der Waals surface area contributed by atoms with Crippen LogP contribution in [0.3, 0.4) is 0 Å². The van der Waals surface area contributed by atoms with E-state index in [1.807, 2.05) is 0 Å². The highest BCUT2D eigenvalue weighted by Gasteiger charge is 2.31. The van der Waals surface area contributed by atoms with E-state index in [-0.39, 0.29) is 23.4 Å². The molecule has 1 heterocycles. The number of carbonyl (C=O) groups excluding carboxylic acids is 2. The normalized spacial score (nSPS) is 11.0. The number of para-hydroxylation sites is 1. The average Bonchev–Trinajstić information content (AvgIpc) is 3.19. The van der Waals surface area contributed by atoms with Gasteiger partial charge in [-0.05, 0) is 48.5 Å². The molecule has 9 heteroatoms. The third-order valence-corrected chi connectivity index (χ3v) is 3.77. The van der Waals surface area contributed by atoms with Crippen molar-refractivity contribution >= 4 is 17.5 Å². The highest BCUT2D eigenvalue weighted by Crippen LogP contribution is 2.23. The zero-order chi connectivity index (χ0) is 20.9. The molecule has 0 bridgehead atoms. The lowest BCUT2D eigenvalue weighted by Crippen LogP contribution is -2.24. The molecular weight excluding hydrogens is 389 g/mol. The first-order valence-electron chi connectivity index (χ1n) is 8.38. The van der Waals surface area contributed by atoms with Gasteiger partial charge in [0.15, 0.2) is 0 Å². The van der Waals surface area contributed by atoms with Gasteiger partial charge < -0.3 is 19.8 Å². The van der Waals surface area contributed by atoms with E-state index in [2.05, 4.69) is 15.4 Å². The van der Waals surface area contributed by atoms with Gasteiger partial charge in [-0.15, -0.1) is 13.2 Å². The summed E-state index contributed by atoms with van der Waals surface area (Å²) in [6, 6.07) is 14.2. The highest BCUT2D eigenvalue weighted by atomic mass is 19.4. The van der Waals surface area contributed by atoms with Gasteiger partial charge in [-0.1, -0.05) is 12.1 Å². The van der Waals surface area contributed by atoms with E-state index in [0.29, 0.717) is 5.76 Å². The minimum atomic E-state index is -4.81. The Morgan fingerprint density at radius 3 is 2.31 bits per heavy atom. The molecule has 0 radical (unpaired) electrons. The van der Waals surface area contributed by atoms with Gasteiger partial charge in [0.25, 0.3) is 11.8 Å². The van der Waals surface area contributed by atoms with Gasteiger partial charge in [0.2, 0.25) is 0 Å². The maximum atomic E-state index is 12.4. The van der Waals surface area contributed by atoms with Crippen molar-refractivity contribution in [2.24, 2.45) is 0 Å². The Hall–Kier alpha value is -3.75. The Morgan fingerprint density at radius 2 is 1.66 bits per heavy atom. The molecule has 0 aliphatic carbocycles. The predicted octanol–water partition coefficient (Wildman–Crippen LogP) is 4.36. The van der Waals surface area contributed by atoms with Crippen LogP contribution in [0.2, 0.25) is 0 Å². The Morgan fingerprint density at radius 1 is 0.931 bits per heavy atom. The Kier molecular flexibility index (Phi) is 5.87. The summed E-state index contributed by atoms with van der Waals surface area (Å²) in [6.45, 7) is 0.175. The van der Waals surface area contributed by atoms with E-state index in [4.69, 9.17) is 4.42 Å². The number of alkyl halides is 3. The molecule has 0 aliphatic heterocycles. The van der Waals surface area contributed by atoms with Crippen LogP contribution in [0.1, 0.15) is 26.5 Å². The van der Waals surface area contributed by atoms with Crippen LogP contribution < -0.4 is 15.4 Å². The molecule has 0 saturated heterocycles. The molecule has 2 aromatic carbocycles. The third kappa shape index (κ3) is 5.61. The largest absolute Gasteiger partial charge is 0.573 e. The van der Waals surface area contributed by atoms with Gasteiger partial charge in [-0.25, -0.2) is 0 Å². The summed E-state index contributed by atoms with van der Waals surface area (Å²) in [5.74, 6) is -0.881. The summed E-state index contributed by atoms with van der Waals surface area (Å²) >= 11 is 0. The van der Waals surface area contributed by atoms with Gasteiger partial charge >= 0.3 is 6.36 Å². The molecule has 150 valence electrons. The molecule has 6 nitrogen and oxygen atoms in total. The topological polar surface area (TPSA) is 80.6 Å². The van der Waals surface area contributed by atoms with Gasteiger partial charge in [-0.2, -0.15) is 0 Å². The molecule has 2 amide bonds. The Bertz CT molecular complexity index is 984. The standard InChI is InChI=1S/C20H15F3N2O4/c21-20(22,23)29-14-9-7-13(8-10-14)18(26)25-17-6-2-1-5-16(17)19(27)24-12-15-4-3-11-28-15/h1-11H,12H2,(H,24,27)(H,25,26). The zero-order valence-electron chi connectivity index (χ0n) is 14.8. The number of amides is 2. The van der Waals surface area contributed by atoms with E-state index in [0.717, 1.165) is 12.1 Å². The molecule has 0 atom stereocenters. The lowest BCUT2D eigenvalue weighted by molar-refractivity contribution is -0.274. The molecule has 0 unspecified atom stereocenters. The van der Waals surface area contributed by atoms with Crippen molar-refractivity contribution in [3.63, 3.8) is 0 Å². The van der Waals surface area contributed by atoms with E-state index >= 15 is 0 Å². The molecular formula is C20H15F3N2O4. The molecule has 0 spiro atoms. The molecule has 0 aliphatic rings. The second-order valence-electron chi connectivity index (χ2n) is 5.83. The lowest BCUT2D eigenvalue weighted by Gasteiger charge is -2.12. The van der Waals surface area contributed by atoms with Crippen LogP contribution in [0.5, 0.6) is 5.75 Å². The van der Waals surface area contributed by atoms with Crippen molar-refractivity contribution in [2.75, 3.05) is 5.32 Å². The van der Waals surface area contributed by atoms with Gasteiger partial charge in [0.05, 0.1) is 24.1 Å². The molecule has 3 rings (SSSR count). The maximum Gasteiger partial charge on any atom is 0.573 e. The molecule has 0 fully saturated rings. The van der Waals surface area contributed by atoms with Crippen molar-refractivity contribution in [2.45, 2.75) is 12.9 Å². The van der Waals surface area contributed by atoms with Crippen LogP contribution >= 0.6 is 0 Å². The summed E-state index contributed by atoms with van der Waals surface area (Å²) < 4.78 is 45.6. The van der Waals surface area contributed by atoms with Gasteiger partial charge in [0, 0.05) is 5.56 Å².